The molecule has 1 aliphatic carbocycles. The lowest BCUT2D eigenvalue weighted by Gasteiger charge is -2.39. The van der Waals surface area contributed by atoms with Crippen molar-refractivity contribution < 1.29 is 4.79 Å². The number of carbonyl (C=O) groups is 1. The molecule has 2 fully saturated rings. The van der Waals surface area contributed by atoms with E-state index in [2.05, 4.69) is 16.0 Å². The van der Waals surface area contributed by atoms with Crippen molar-refractivity contribution in [2.24, 2.45) is 5.41 Å². The Balaban J connectivity index is 1.56. The summed E-state index contributed by atoms with van der Waals surface area (Å²) < 4.78 is 0. The van der Waals surface area contributed by atoms with E-state index >= 15 is 0 Å². The van der Waals surface area contributed by atoms with Gasteiger partial charge in [0.15, 0.2) is 0 Å². The van der Waals surface area contributed by atoms with Crippen LogP contribution in [0.2, 0.25) is 0 Å². The highest BCUT2D eigenvalue weighted by atomic mass is 16.2. The molecule has 5 nitrogen and oxygen atoms in total. The fourth-order valence-electron chi connectivity index (χ4n) is 3.66. The maximum absolute atomic E-state index is 12.8. The van der Waals surface area contributed by atoms with Gasteiger partial charge in [-0.2, -0.15) is 5.26 Å². The van der Waals surface area contributed by atoms with E-state index in [9.17, 15) is 10.1 Å². The van der Waals surface area contributed by atoms with Crippen LogP contribution in [0.3, 0.4) is 0 Å². The summed E-state index contributed by atoms with van der Waals surface area (Å²) in [7, 11) is 0. The van der Waals surface area contributed by atoms with Gasteiger partial charge in [0.1, 0.15) is 5.41 Å². The van der Waals surface area contributed by atoms with Crippen LogP contribution in [0.4, 0.5) is 0 Å². The Bertz CT molecular complexity index is 566. The Hall–Kier alpha value is -1.93. The lowest BCUT2D eigenvalue weighted by molar-refractivity contribution is -0.142. The molecular weight excluding hydrogens is 288 g/mol. The van der Waals surface area contributed by atoms with Crippen LogP contribution in [0.25, 0.3) is 0 Å². The smallest absolute Gasteiger partial charge is 0.243 e. The largest absolute Gasteiger partial charge is 0.339 e. The van der Waals surface area contributed by atoms with Gasteiger partial charge >= 0.3 is 0 Å². The maximum atomic E-state index is 12.8. The molecule has 0 radical (unpaired) electrons. The van der Waals surface area contributed by atoms with Crippen molar-refractivity contribution in [1.82, 2.24) is 14.8 Å². The van der Waals surface area contributed by atoms with Crippen molar-refractivity contribution in [3.05, 3.63) is 30.1 Å². The summed E-state index contributed by atoms with van der Waals surface area (Å²) in [6.07, 6.45) is 6.42. The standard InChI is InChI=1S/C18H24N4O/c19-15-18(7-3-1-4-8-18)17(23)22-12-10-21(11-13-22)14-16-6-2-5-9-20-16/h2,5-6,9H,1,3-4,7-8,10-14H2. The minimum Gasteiger partial charge on any atom is -0.339 e. The van der Waals surface area contributed by atoms with E-state index in [0.717, 1.165) is 70.5 Å². The normalized spacial score (nSPS) is 21.6. The fraction of sp³-hybridized carbons (Fsp3) is 0.611. The van der Waals surface area contributed by atoms with Gasteiger partial charge in [0, 0.05) is 38.9 Å². The van der Waals surface area contributed by atoms with Gasteiger partial charge in [-0.15, -0.1) is 0 Å². The number of aromatic nitrogens is 1. The average molecular weight is 312 g/mol. The molecule has 0 bridgehead atoms. The summed E-state index contributed by atoms with van der Waals surface area (Å²) in [6.45, 7) is 3.96. The first-order chi connectivity index (χ1) is 11.2. The van der Waals surface area contributed by atoms with Crippen LogP contribution in [0, 0.1) is 16.7 Å². The van der Waals surface area contributed by atoms with Gasteiger partial charge in [0.05, 0.1) is 11.8 Å². The summed E-state index contributed by atoms with van der Waals surface area (Å²) in [5.41, 5.74) is 0.314. The number of hydrogen-bond donors (Lipinski definition) is 0. The fourth-order valence-corrected chi connectivity index (χ4v) is 3.66. The van der Waals surface area contributed by atoms with Crippen LogP contribution in [-0.4, -0.2) is 46.9 Å². The molecule has 2 heterocycles. The number of pyridine rings is 1. The first-order valence-electron chi connectivity index (χ1n) is 8.56. The molecule has 2 aliphatic rings. The summed E-state index contributed by atoms with van der Waals surface area (Å²) in [5, 5.41) is 9.57. The number of nitriles is 1. The highest BCUT2D eigenvalue weighted by Gasteiger charge is 2.42. The number of nitrogens with zero attached hydrogens (tertiary/aromatic N) is 4. The number of carbonyl (C=O) groups excluding carboxylic acids is 1. The predicted octanol–water partition coefficient (Wildman–Crippen LogP) is 2.20. The molecule has 1 saturated carbocycles. The molecule has 5 heteroatoms. The van der Waals surface area contributed by atoms with E-state index in [4.69, 9.17) is 0 Å². The molecule has 1 saturated heterocycles. The molecule has 122 valence electrons. The molecule has 1 aromatic heterocycles. The zero-order chi connectivity index (χ0) is 16.1. The van der Waals surface area contributed by atoms with Crippen molar-refractivity contribution >= 4 is 5.91 Å². The number of rotatable bonds is 3. The highest BCUT2D eigenvalue weighted by Crippen LogP contribution is 2.37. The number of hydrogen-bond acceptors (Lipinski definition) is 4. The first-order valence-corrected chi connectivity index (χ1v) is 8.56. The van der Waals surface area contributed by atoms with Crippen molar-refractivity contribution in [3.63, 3.8) is 0 Å². The average Bonchev–Trinajstić information content (AvgIpc) is 2.63. The summed E-state index contributed by atoms with van der Waals surface area (Å²) in [6, 6.07) is 8.31. The molecule has 0 atom stereocenters. The molecule has 0 unspecified atom stereocenters. The molecule has 1 aromatic rings. The molecule has 0 spiro atoms. The van der Waals surface area contributed by atoms with E-state index in [1.165, 1.54) is 0 Å². The molecule has 23 heavy (non-hydrogen) atoms. The zero-order valence-electron chi connectivity index (χ0n) is 13.6. The minimum atomic E-state index is -0.749. The molecular formula is C18H24N4O. The third kappa shape index (κ3) is 3.53. The van der Waals surface area contributed by atoms with Crippen LogP contribution in [0.15, 0.2) is 24.4 Å². The second-order valence-corrected chi connectivity index (χ2v) is 6.64. The Morgan fingerprint density at radius 2 is 1.91 bits per heavy atom. The Morgan fingerprint density at radius 3 is 2.52 bits per heavy atom. The van der Waals surface area contributed by atoms with Gasteiger partial charge in [-0.05, 0) is 25.0 Å². The highest BCUT2D eigenvalue weighted by molar-refractivity contribution is 5.85. The van der Waals surface area contributed by atoms with Crippen molar-refractivity contribution in [1.29, 1.82) is 5.26 Å². The van der Waals surface area contributed by atoms with Crippen molar-refractivity contribution in [3.8, 4) is 6.07 Å². The van der Waals surface area contributed by atoms with E-state index < -0.39 is 5.41 Å². The van der Waals surface area contributed by atoms with Gasteiger partial charge in [-0.25, -0.2) is 0 Å². The molecule has 0 N–H and O–H groups in total. The van der Waals surface area contributed by atoms with Crippen molar-refractivity contribution in [2.45, 2.75) is 38.6 Å². The molecule has 1 amide bonds. The lowest BCUT2D eigenvalue weighted by atomic mass is 9.74. The minimum absolute atomic E-state index is 0.0668. The quantitative estimate of drug-likeness (QED) is 0.858. The van der Waals surface area contributed by atoms with Gasteiger partial charge < -0.3 is 4.90 Å². The summed E-state index contributed by atoms with van der Waals surface area (Å²) in [4.78, 5) is 21.4. The molecule has 0 aromatic carbocycles. The Morgan fingerprint density at radius 1 is 1.17 bits per heavy atom. The first kappa shape index (κ1) is 15.9. The van der Waals surface area contributed by atoms with E-state index in [1.54, 1.807) is 0 Å². The van der Waals surface area contributed by atoms with Gasteiger partial charge in [-0.1, -0.05) is 25.3 Å². The Kier molecular flexibility index (Phi) is 4.92. The second-order valence-electron chi connectivity index (χ2n) is 6.64. The number of piperazine rings is 1. The second kappa shape index (κ2) is 7.10. The SMILES string of the molecule is N#CC1(C(=O)N2CCN(Cc3ccccn3)CC2)CCCCC1. The molecule has 1 aliphatic heterocycles. The van der Waals surface area contributed by atoms with Crippen LogP contribution in [-0.2, 0) is 11.3 Å². The third-order valence-electron chi connectivity index (χ3n) is 5.10. The van der Waals surface area contributed by atoms with Gasteiger partial charge in [0.25, 0.3) is 0 Å². The lowest BCUT2D eigenvalue weighted by Crippen LogP contribution is -2.53. The Labute approximate surface area is 137 Å². The summed E-state index contributed by atoms with van der Waals surface area (Å²) in [5.74, 6) is 0.0668. The summed E-state index contributed by atoms with van der Waals surface area (Å²) >= 11 is 0. The number of amides is 1. The van der Waals surface area contributed by atoms with Crippen LogP contribution in [0.1, 0.15) is 37.8 Å². The van der Waals surface area contributed by atoms with Crippen LogP contribution >= 0.6 is 0 Å². The maximum Gasteiger partial charge on any atom is 0.243 e. The van der Waals surface area contributed by atoms with E-state index in [0.29, 0.717) is 0 Å². The van der Waals surface area contributed by atoms with Crippen LogP contribution < -0.4 is 0 Å². The van der Waals surface area contributed by atoms with Crippen LogP contribution in [0.5, 0.6) is 0 Å². The third-order valence-corrected chi connectivity index (χ3v) is 5.10. The predicted molar refractivity (Wildman–Crippen MR) is 87.2 cm³/mol. The van der Waals surface area contributed by atoms with E-state index in [1.807, 2.05) is 29.3 Å². The topological polar surface area (TPSA) is 60.2 Å². The monoisotopic (exact) mass is 312 g/mol. The van der Waals surface area contributed by atoms with Gasteiger partial charge in [0.2, 0.25) is 5.91 Å². The van der Waals surface area contributed by atoms with Crippen molar-refractivity contribution in [2.75, 3.05) is 26.2 Å². The van der Waals surface area contributed by atoms with E-state index in [-0.39, 0.29) is 5.91 Å². The van der Waals surface area contributed by atoms with Gasteiger partial charge in [-0.3, -0.25) is 14.7 Å². The zero-order valence-corrected chi connectivity index (χ0v) is 13.6. The molecule has 3 rings (SSSR count).